The molecule has 0 atom stereocenters. The number of benzene rings is 16. The van der Waals surface area contributed by atoms with Crippen LogP contribution >= 0.6 is 0 Å². The molecule has 2 aromatic heterocycles. The van der Waals surface area contributed by atoms with Crippen molar-refractivity contribution in [2.24, 2.45) is 7.05 Å². The third-order valence-corrected chi connectivity index (χ3v) is 22.8. The molecule has 0 spiro atoms. The summed E-state index contributed by atoms with van der Waals surface area (Å²) in [6.07, 6.45) is 12.9. The molecule has 1 aliphatic carbocycles. The highest BCUT2D eigenvalue weighted by atomic mass is 16.3. The molecular weight excluding hydrogens is 1450 g/mol. The number of furan rings is 1. The lowest BCUT2D eigenvalue weighted by molar-refractivity contribution is 0.659. The molecule has 596 valence electrons. The quantitative estimate of drug-likeness (QED) is 0.139. The third kappa shape index (κ3) is 21.7. The van der Waals surface area contributed by atoms with Gasteiger partial charge >= 0.3 is 0 Å². The average Bonchev–Trinajstić information content (AvgIpc) is 1.58. The molecule has 2 heterocycles. The van der Waals surface area contributed by atoms with E-state index in [-0.39, 0.29) is 5.41 Å². The summed E-state index contributed by atoms with van der Waals surface area (Å²) >= 11 is 0. The molecule has 16 aromatic carbocycles. The van der Waals surface area contributed by atoms with Gasteiger partial charge in [-0.3, -0.25) is 0 Å². The number of rotatable bonds is 8. The van der Waals surface area contributed by atoms with Gasteiger partial charge in [0.1, 0.15) is 11.2 Å². The van der Waals surface area contributed by atoms with Crippen LogP contribution in [0.2, 0.25) is 0 Å². The molecule has 1 aliphatic rings. The average molecular weight is 1560 g/mol. The lowest BCUT2D eigenvalue weighted by Gasteiger charge is -2.22. The molecule has 0 aliphatic heterocycles. The third-order valence-electron chi connectivity index (χ3n) is 22.8. The van der Waals surface area contributed by atoms with Crippen molar-refractivity contribution in [2.45, 2.75) is 116 Å². The van der Waals surface area contributed by atoms with Gasteiger partial charge in [-0.25, -0.2) is 0 Å². The molecule has 0 radical (unpaired) electrons. The smallest absolute Gasteiger partial charge is 0.135 e. The SMILES string of the molecule is Cc1ccc(-c2ccc(-c3ccc(C)cc3)cc2)cc1.Cc1ccc(/C=C/c2ccc(/C=C/c3ccc(C)cc3)cc2)cc1.Cc1ccc(/C=C/c2ccc(C)cc2)cc1.Cc1ccc2c(c1)C(C)(C)c1cc(C)ccc1-2.Cc1ccc2c(c1)oc1cc(C)ccc12.Cc1ccc2c3ccc(C)cc3n(C)c2c1.Cc1cccc2c(C)cccc12. The van der Waals surface area contributed by atoms with Gasteiger partial charge in [0.05, 0.1) is 0 Å². The summed E-state index contributed by atoms with van der Waals surface area (Å²) in [7, 11) is 2.14. The normalized spacial score (nSPS) is 11.7. The molecule has 0 saturated heterocycles. The number of hydrogen-bond donors (Lipinski definition) is 0. The van der Waals surface area contributed by atoms with E-state index in [4.69, 9.17) is 4.42 Å². The standard InChI is InChI=1S/C24H22.C20H18.C17H18.C16H16.C15H15N.C14H12O.C12H12/c1-19-3-7-21(8-4-19)11-13-23-15-17-24(18-16-23)14-12-22-9-5-20(2)6-10-22;1-15-3-7-17(8-4-15)19-11-13-20(14-12-19)18-9-5-16(2)6-10-18;1-11-5-7-13-14-8-6-12(2)10-16(14)17(3,4)15(13)9-11;1-13-3-7-15(8-4-13)11-12-16-9-5-14(2)6-10-16;1-10-4-6-12-13-7-5-11(2)9-15(13)16(3)14(12)8-10;1-9-3-5-11-12-6-4-10(2)8-14(12)15-13(11)7-9;1-9-5-3-8-12-10(2)6-4-7-11(9)12/h3-18H,1-2H3;3-14H,1-2H3;5-10H,1-4H3;3-12H,1-2H3;4-9H,1-3H3;3-8H,1-2H3;3-8H,1-2H3/b13-11+,14-12+;;;12-11+;;;. The number of aryl methyl sites for hydroxylation is 15. The van der Waals surface area contributed by atoms with E-state index >= 15 is 0 Å². The van der Waals surface area contributed by atoms with Crippen LogP contribution in [0.1, 0.15) is 136 Å². The summed E-state index contributed by atoms with van der Waals surface area (Å²) < 4.78 is 8.10. The van der Waals surface area contributed by atoms with Crippen molar-refractivity contribution in [3.05, 3.63) is 462 Å². The Kier molecular flexibility index (Phi) is 27.3. The Morgan fingerprint density at radius 1 is 0.217 bits per heavy atom. The summed E-state index contributed by atoms with van der Waals surface area (Å²) in [4.78, 5) is 0. The minimum atomic E-state index is 0.142. The maximum atomic E-state index is 5.81. The fourth-order valence-corrected chi connectivity index (χ4v) is 15.4. The van der Waals surface area contributed by atoms with Crippen molar-refractivity contribution in [1.29, 1.82) is 0 Å². The van der Waals surface area contributed by atoms with Gasteiger partial charge in [-0.2, -0.15) is 0 Å². The minimum absolute atomic E-state index is 0.142. The van der Waals surface area contributed by atoms with Gasteiger partial charge in [0.15, 0.2) is 0 Å². The monoisotopic (exact) mass is 1560 g/mol. The van der Waals surface area contributed by atoms with Crippen LogP contribution in [0.3, 0.4) is 0 Å². The lowest BCUT2D eigenvalue weighted by Crippen LogP contribution is -2.15. The lowest BCUT2D eigenvalue weighted by atomic mass is 9.81. The highest BCUT2D eigenvalue weighted by molar-refractivity contribution is 6.08. The Morgan fingerprint density at radius 2 is 0.442 bits per heavy atom. The Hall–Kier alpha value is -13.4. The van der Waals surface area contributed by atoms with Crippen molar-refractivity contribution < 1.29 is 4.42 Å². The number of aromatic nitrogens is 1. The summed E-state index contributed by atoms with van der Waals surface area (Å²) in [5.74, 6) is 0. The van der Waals surface area contributed by atoms with Crippen LogP contribution in [0.4, 0.5) is 0 Å². The van der Waals surface area contributed by atoms with Gasteiger partial charge < -0.3 is 8.98 Å². The van der Waals surface area contributed by atoms with E-state index in [9.17, 15) is 0 Å². The van der Waals surface area contributed by atoms with Crippen molar-refractivity contribution in [3.8, 4) is 33.4 Å². The van der Waals surface area contributed by atoms with Gasteiger partial charge in [0, 0.05) is 45.0 Å². The molecule has 0 unspecified atom stereocenters. The van der Waals surface area contributed by atoms with Crippen molar-refractivity contribution in [1.82, 2.24) is 4.57 Å². The Balaban J connectivity index is 0.000000122. The van der Waals surface area contributed by atoms with Gasteiger partial charge in [0.2, 0.25) is 0 Å². The first kappa shape index (κ1) is 84.5. The van der Waals surface area contributed by atoms with Crippen LogP contribution in [-0.4, -0.2) is 4.57 Å². The Morgan fingerprint density at radius 3 is 0.733 bits per heavy atom. The van der Waals surface area contributed by atoms with Crippen molar-refractivity contribution >= 4 is 91.0 Å². The zero-order chi connectivity index (χ0) is 84.6. The molecular formula is C118H113NO. The summed E-state index contributed by atoms with van der Waals surface area (Å²) in [6.45, 7) is 34.4. The molecule has 19 rings (SSSR count). The maximum absolute atomic E-state index is 5.81. The van der Waals surface area contributed by atoms with Gasteiger partial charge in [-0.05, 0) is 243 Å². The second kappa shape index (κ2) is 38.8. The number of hydrogen-bond acceptors (Lipinski definition) is 1. The highest BCUT2D eigenvalue weighted by Crippen LogP contribution is 2.49. The molecule has 18 aromatic rings. The van der Waals surface area contributed by atoms with E-state index in [0.29, 0.717) is 0 Å². The van der Waals surface area contributed by atoms with E-state index < -0.39 is 0 Å². The van der Waals surface area contributed by atoms with Crippen molar-refractivity contribution in [2.75, 3.05) is 0 Å². The molecule has 0 amide bonds. The summed E-state index contributed by atoms with van der Waals surface area (Å²) in [5.41, 5.74) is 41.2. The topological polar surface area (TPSA) is 18.1 Å². The van der Waals surface area contributed by atoms with Gasteiger partial charge in [0.25, 0.3) is 0 Å². The molecule has 0 saturated carbocycles. The van der Waals surface area contributed by atoms with Crippen LogP contribution in [0, 0.1) is 96.9 Å². The number of nitrogens with zero attached hydrogens (tertiary/aromatic N) is 1. The van der Waals surface area contributed by atoms with Crippen molar-refractivity contribution in [3.63, 3.8) is 0 Å². The second-order valence-electron chi connectivity index (χ2n) is 33.3. The van der Waals surface area contributed by atoms with Crippen LogP contribution in [0.15, 0.2) is 344 Å². The maximum Gasteiger partial charge on any atom is 0.135 e. The zero-order valence-corrected chi connectivity index (χ0v) is 73.2. The Labute approximate surface area is 713 Å². The second-order valence-corrected chi connectivity index (χ2v) is 33.3. The van der Waals surface area contributed by atoms with Crippen LogP contribution < -0.4 is 0 Å². The van der Waals surface area contributed by atoms with E-state index in [1.807, 2.05) is 0 Å². The molecule has 0 N–H and O–H groups in total. The predicted octanol–water partition coefficient (Wildman–Crippen LogP) is 33.0. The first-order valence-corrected chi connectivity index (χ1v) is 42.0. The first-order valence-electron chi connectivity index (χ1n) is 42.0. The van der Waals surface area contributed by atoms with E-state index in [2.05, 4.69) is 499 Å². The fourth-order valence-electron chi connectivity index (χ4n) is 15.4. The first-order chi connectivity index (χ1) is 57.8. The predicted molar refractivity (Wildman–Crippen MR) is 525 cm³/mol. The fraction of sp³-hybridized carbons (Fsp3) is 0.153. The minimum Gasteiger partial charge on any atom is -0.456 e. The Bertz CT molecular complexity index is 6220. The largest absolute Gasteiger partial charge is 0.456 e. The molecule has 0 bridgehead atoms. The molecule has 0 fully saturated rings. The van der Waals surface area contributed by atoms with Crippen LogP contribution in [-0.2, 0) is 12.5 Å². The van der Waals surface area contributed by atoms with E-state index in [0.717, 1.165) is 11.2 Å². The van der Waals surface area contributed by atoms with Gasteiger partial charge in [-0.1, -0.05) is 410 Å². The molecule has 2 heteroatoms. The molecule has 120 heavy (non-hydrogen) atoms. The zero-order valence-electron chi connectivity index (χ0n) is 73.2. The summed E-state index contributed by atoms with van der Waals surface area (Å²) in [5, 5.41) is 7.85. The van der Waals surface area contributed by atoms with Gasteiger partial charge in [-0.15, -0.1) is 0 Å². The summed E-state index contributed by atoms with van der Waals surface area (Å²) in [6, 6.07) is 121. The van der Waals surface area contributed by atoms with E-state index in [1.165, 1.54) is 199 Å². The molecule has 2 nitrogen and oxygen atoms in total. The van der Waals surface area contributed by atoms with Crippen LogP contribution in [0.25, 0.3) is 124 Å². The van der Waals surface area contributed by atoms with E-state index in [1.54, 1.807) is 0 Å². The number of fused-ring (bicyclic) bond motifs is 10. The highest BCUT2D eigenvalue weighted by Gasteiger charge is 2.35. The van der Waals surface area contributed by atoms with Crippen LogP contribution in [0.5, 0.6) is 0 Å².